The van der Waals surface area contributed by atoms with Crippen molar-refractivity contribution in [1.82, 2.24) is 9.13 Å². The van der Waals surface area contributed by atoms with Crippen LogP contribution in [-0.2, 0) is 21.7 Å². The predicted octanol–water partition coefficient (Wildman–Crippen LogP) is 17.5. The van der Waals surface area contributed by atoms with Gasteiger partial charge >= 0.3 is 0 Å². The monoisotopic (exact) mass is 989 g/mol. The lowest BCUT2D eigenvalue weighted by molar-refractivity contribution is 0.590. The van der Waals surface area contributed by atoms with Gasteiger partial charge in [0.25, 0.3) is 6.71 Å². The van der Waals surface area contributed by atoms with Gasteiger partial charge in [0.1, 0.15) is 0 Å². The first-order chi connectivity index (χ1) is 36.1. The van der Waals surface area contributed by atoms with Crippen molar-refractivity contribution in [3.05, 3.63) is 210 Å². The van der Waals surface area contributed by atoms with Gasteiger partial charge in [-0.15, -0.1) is 0 Å². The molecule has 4 heterocycles. The molecular formula is C71H69BN4. The minimum atomic E-state index is -0.149. The van der Waals surface area contributed by atoms with Crippen LogP contribution in [0.5, 0.6) is 0 Å². The van der Waals surface area contributed by atoms with Crippen LogP contribution in [0.2, 0.25) is 0 Å². The molecule has 2 aliphatic heterocycles. The van der Waals surface area contributed by atoms with Crippen LogP contribution in [0, 0.1) is 6.92 Å². The Morgan fingerprint density at radius 2 is 0.658 bits per heavy atom. The number of hydrogen-bond acceptors (Lipinski definition) is 2. The third kappa shape index (κ3) is 7.47. The van der Waals surface area contributed by atoms with E-state index in [1.807, 2.05) is 0 Å². The highest BCUT2D eigenvalue weighted by molar-refractivity contribution is 7.00. The fourth-order valence-electron chi connectivity index (χ4n) is 12.5. The van der Waals surface area contributed by atoms with E-state index in [4.69, 9.17) is 0 Å². The fraction of sp³-hybridized carbons (Fsp3) is 0.239. The summed E-state index contributed by atoms with van der Waals surface area (Å²) in [4.78, 5) is 5.14. The normalized spacial score (nSPS) is 13.8. The van der Waals surface area contributed by atoms with Crippen molar-refractivity contribution in [2.75, 3.05) is 9.80 Å². The standard InChI is InChI=1S/C71H69BN4/c1-44-24-32-59-53(36-44)54-37-45(68(2,3)4)25-33-60(54)75(59)51-28-30-57-63(42-51)73(49-20-16-14-17-21-49)65-40-48(71(11,12)13)41-66-67(65)72(57)58-31-29-52(43-64(58)74(66)50-22-18-15-19-23-50)76-61-34-26-46(69(5,6)7)38-55(61)56-39-47(70(8,9)10)27-35-62(56)76/h14-43H,1-13H3. The van der Waals surface area contributed by atoms with Crippen molar-refractivity contribution < 1.29 is 0 Å². The number of rotatable bonds is 4. The molecule has 0 bridgehead atoms. The maximum Gasteiger partial charge on any atom is 0.252 e. The molecule has 376 valence electrons. The Bertz CT molecular complexity index is 4090. The third-order valence-corrected chi connectivity index (χ3v) is 16.7. The van der Waals surface area contributed by atoms with E-state index in [9.17, 15) is 0 Å². The summed E-state index contributed by atoms with van der Waals surface area (Å²) < 4.78 is 5.03. The first kappa shape index (κ1) is 47.9. The van der Waals surface area contributed by atoms with Gasteiger partial charge in [-0.25, -0.2) is 0 Å². The van der Waals surface area contributed by atoms with Crippen LogP contribution >= 0.6 is 0 Å². The smallest absolute Gasteiger partial charge is 0.252 e. The average molecular weight is 989 g/mol. The highest BCUT2D eigenvalue weighted by Gasteiger charge is 2.44. The molecule has 0 amide bonds. The molecule has 4 nitrogen and oxygen atoms in total. The second-order valence-corrected chi connectivity index (χ2v) is 26.1. The number of nitrogens with zero attached hydrogens (tertiary/aromatic N) is 4. The highest BCUT2D eigenvalue weighted by Crippen LogP contribution is 2.48. The zero-order chi connectivity index (χ0) is 53.0. The van der Waals surface area contributed by atoms with E-state index < -0.39 is 0 Å². The van der Waals surface area contributed by atoms with E-state index in [-0.39, 0.29) is 28.4 Å². The molecule has 0 N–H and O–H groups in total. The summed E-state index contributed by atoms with van der Waals surface area (Å²) in [6.45, 7) is 30.1. The number of hydrogen-bond donors (Lipinski definition) is 0. The molecule has 0 atom stereocenters. The Morgan fingerprint density at radius 3 is 1.03 bits per heavy atom. The summed E-state index contributed by atoms with van der Waals surface area (Å²) in [5.41, 5.74) is 24.7. The number of anilines is 6. The summed E-state index contributed by atoms with van der Waals surface area (Å²) in [6, 6.07) is 70.2. The topological polar surface area (TPSA) is 16.3 Å². The van der Waals surface area contributed by atoms with Gasteiger partial charge in [0.05, 0.1) is 22.1 Å². The van der Waals surface area contributed by atoms with Crippen LogP contribution in [0.15, 0.2) is 182 Å². The van der Waals surface area contributed by atoms with Gasteiger partial charge in [0.15, 0.2) is 0 Å². The van der Waals surface area contributed by atoms with Crippen LogP contribution in [0.1, 0.15) is 111 Å². The largest absolute Gasteiger partial charge is 0.311 e. The van der Waals surface area contributed by atoms with Crippen LogP contribution < -0.4 is 26.2 Å². The number of aromatic nitrogens is 2. The van der Waals surface area contributed by atoms with Gasteiger partial charge in [-0.3, -0.25) is 0 Å². The second kappa shape index (κ2) is 16.6. The lowest BCUT2D eigenvalue weighted by atomic mass is 9.33. The van der Waals surface area contributed by atoms with Crippen molar-refractivity contribution >= 4 is 101 Å². The van der Waals surface area contributed by atoms with Crippen LogP contribution in [0.25, 0.3) is 55.0 Å². The van der Waals surface area contributed by atoms with E-state index in [1.165, 1.54) is 111 Å². The molecule has 0 saturated heterocycles. The summed E-state index contributed by atoms with van der Waals surface area (Å²) in [7, 11) is 0. The molecule has 76 heavy (non-hydrogen) atoms. The van der Waals surface area contributed by atoms with Gasteiger partial charge in [-0.1, -0.05) is 161 Å². The highest BCUT2D eigenvalue weighted by atomic mass is 15.2. The molecule has 2 aliphatic rings. The first-order valence-corrected chi connectivity index (χ1v) is 27.5. The molecule has 2 aromatic heterocycles. The lowest BCUT2D eigenvalue weighted by Crippen LogP contribution is -2.61. The molecule has 0 radical (unpaired) electrons. The maximum absolute atomic E-state index is 2.57. The number of para-hydroxylation sites is 2. The Labute approximate surface area is 450 Å². The third-order valence-electron chi connectivity index (χ3n) is 16.7. The second-order valence-electron chi connectivity index (χ2n) is 26.1. The molecule has 11 aromatic rings. The maximum atomic E-state index is 2.57. The van der Waals surface area contributed by atoms with E-state index in [0.29, 0.717) is 0 Å². The molecule has 13 rings (SSSR count). The van der Waals surface area contributed by atoms with Crippen molar-refractivity contribution in [2.24, 2.45) is 0 Å². The van der Waals surface area contributed by atoms with E-state index in [1.54, 1.807) is 0 Å². The van der Waals surface area contributed by atoms with Gasteiger partial charge in [0.2, 0.25) is 0 Å². The molecule has 0 fully saturated rings. The lowest BCUT2D eigenvalue weighted by Gasteiger charge is -2.45. The van der Waals surface area contributed by atoms with E-state index >= 15 is 0 Å². The summed E-state index contributed by atoms with van der Waals surface area (Å²) in [6.07, 6.45) is 0. The minimum absolute atomic E-state index is 0.0102. The summed E-state index contributed by atoms with van der Waals surface area (Å²) >= 11 is 0. The van der Waals surface area contributed by atoms with Crippen molar-refractivity contribution in [1.29, 1.82) is 0 Å². The zero-order valence-electron chi connectivity index (χ0n) is 46.7. The van der Waals surface area contributed by atoms with Crippen molar-refractivity contribution in [3.8, 4) is 11.4 Å². The number of aryl methyl sites for hydroxylation is 1. The molecular weight excluding hydrogens is 920 g/mol. The molecule has 0 unspecified atom stereocenters. The molecule has 0 spiro atoms. The van der Waals surface area contributed by atoms with Crippen molar-refractivity contribution in [2.45, 2.75) is 112 Å². The predicted molar refractivity (Wildman–Crippen MR) is 329 cm³/mol. The van der Waals surface area contributed by atoms with Gasteiger partial charge < -0.3 is 18.9 Å². The SMILES string of the molecule is Cc1ccc2c(c1)c1cc(C(C)(C)C)ccc1n2-c1ccc2c(c1)N(c1ccccc1)c1cc(C(C)(C)C)cc3c1B2c1ccc(-n2c4ccc(C(C)(C)C)cc4c4cc(C(C)(C)C)ccc42)cc1N3c1ccccc1. The quantitative estimate of drug-likeness (QED) is 0.163. The van der Waals surface area contributed by atoms with Gasteiger partial charge in [-0.05, 0) is 176 Å². The first-order valence-electron chi connectivity index (χ1n) is 27.5. The number of benzene rings is 9. The Morgan fingerprint density at radius 1 is 0.303 bits per heavy atom. The fourth-order valence-corrected chi connectivity index (χ4v) is 12.5. The van der Waals surface area contributed by atoms with Crippen LogP contribution in [0.3, 0.4) is 0 Å². The molecule has 0 saturated carbocycles. The Kier molecular flexibility index (Phi) is 10.5. The molecule has 5 heteroatoms. The Hall–Kier alpha value is -7.76. The van der Waals surface area contributed by atoms with E-state index in [2.05, 4.69) is 291 Å². The molecule has 0 aliphatic carbocycles. The van der Waals surface area contributed by atoms with E-state index in [0.717, 1.165) is 22.7 Å². The molecule has 9 aromatic carbocycles. The Balaban J connectivity index is 1.11. The van der Waals surface area contributed by atoms with Crippen LogP contribution in [0.4, 0.5) is 34.1 Å². The number of fused-ring (bicyclic) bond motifs is 10. The van der Waals surface area contributed by atoms with Gasteiger partial charge in [-0.2, -0.15) is 0 Å². The summed E-state index contributed by atoms with van der Waals surface area (Å²) in [5, 5.41) is 5.16. The van der Waals surface area contributed by atoms with Gasteiger partial charge in [0, 0.05) is 67.0 Å². The minimum Gasteiger partial charge on any atom is -0.311 e. The van der Waals surface area contributed by atoms with Crippen LogP contribution in [-0.4, -0.2) is 15.8 Å². The average Bonchev–Trinajstić information content (AvgIpc) is 4.05. The van der Waals surface area contributed by atoms with Crippen molar-refractivity contribution in [3.63, 3.8) is 0 Å². The zero-order valence-corrected chi connectivity index (χ0v) is 46.7. The summed E-state index contributed by atoms with van der Waals surface area (Å²) in [5.74, 6) is 0.